The van der Waals surface area contributed by atoms with Gasteiger partial charge in [0.05, 0.1) is 42.4 Å². The van der Waals surface area contributed by atoms with E-state index in [2.05, 4.69) is 4.98 Å². The summed E-state index contributed by atoms with van der Waals surface area (Å²) in [7, 11) is 0. The quantitative estimate of drug-likeness (QED) is 0.244. The highest BCUT2D eigenvalue weighted by Crippen LogP contribution is 2.48. The first kappa shape index (κ1) is 17.6. The molecule has 3 nitrogen and oxygen atoms in total. The molecule has 1 aliphatic heterocycles. The molecule has 130 valence electrons. The molecule has 0 saturated heterocycles. The van der Waals surface area contributed by atoms with Gasteiger partial charge in [0.2, 0.25) is 0 Å². The molecule has 2 heterocycles. The number of pyridine rings is 1. The Kier molecular flexibility index (Phi) is 4.36. The van der Waals surface area contributed by atoms with Crippen LogP contribution in [0.25, 0.3) is 22.7 Å². The number of carbonyl (C=O) groups excluding carboxylic acids is 1. The van der Waals surface area contributed by atoms with Gasteiger partial charge in [0.15, 0.2) is 0 Å². The van der Waals surface area contributed by atoms with E-state index in [0.29, 0.717) is 11.3 Å². The lowest BCUT2D eigenvalue weighted by molar-refractivity contribution is 0.0717. The molecule has 7 heteroatoms. The van der Waals surface area contributed by atoms with Crippen molar-refractivity contribution in [2.24, 2.45) is 0 Å². The van der Waals surface area contributed by atoms with E-state index in [0.717, 1.165) is 16.5 Å². The van der Waals surface area contributed by atoms with Crippen LogP contribution in [0.2, 0.25) is 20.1 Å². The summed E-state index contributed by atoms with van der Waals surface area (Å²) in [6.07, 6.45) is 1.65. The molecule has 1 aromatic heterocycles. The Morgan fingerprint density at radius 1 is 0.962 bits per heavy atom. The number of hydrogen-bond acceptors (Lipinski definition) is 3. The normalized spacial score (nSPS) is 14.8. The monoisotopic (exact) mass is 423 g/mol. The van der Waals surface area contributed by atoms with Crippen LogP contribution in [0.5, 0.6) is 0 Å². The molecule has 0 atom stereocenters. The van der Waals surface area contributed by atoms with Crippen molar-refractivity contribution in [2.75, 3.05) is 0 Å². The van der Waals surface area contributed by atoms with Gasteiger partial charge in [-0.25, -0.2) is 9.78 Å². The molecule has 0 aliphatic carbocycles. The maximum absolute atomic E-state index is 12.3. The van der Waals surface area contributed by atoms with E-state index in [1.54, 1.807) is 6.08 Å². The van der Waals surface area contributed by atoms with Crippen molar-refractivity contribution in [1.82, 2.24) is 4.98 Å². The number of cyclic esters (lactones) is 1. The smallest absolute Gasteiger partial charge is 0.345 e. The minimum atomic E-state index is -0.629. The summed E-state index contributed by atoms with van der Waals surface area (Å²) in [5, 5.41) is 1.26. The fourth-order valence-electron chi connectivity index (χ4n) is 2.87. The third kappa shape index (κ3) is 2.67. The van der Waals surface area contributed by atoms with Gasteiger partial charge in [-0.3, -0.25) is 0 Å². The van der Waals surface area contributed by atoms with E-state index < -0.39 is 5.97 Å². The van der Waals surface area contributed by atoms with Crippen LogP contribution in [0.4, 0.5) is 0 Å². The molecule has 3 aromatic rings. The Morgan fingerprint density at radius 3 is 2.35 bits per heavy atom. The van der Waals surface area contributed by atoms with Gasteiger partial charge >= 0.3 is 5.97 Å². The molecule has 26 heavy (non-hydrogen) atoms. The van der Waals surface area contributed by atoms with Crippen molar-refractivity contribution in [3.63, 3.8) is 0 Å². The van der Waals surface area contributed by atoms with Crippen LogP contribution in [0.15, 0.2) is 30.3 Å². The fraction of sp³-hybridized carbons (Fsp3) is 0.0526. The Bertz CT molecular complexity index is 1140. The molecule has 0 radical (unpaired) electrons. The van der Waals surface area contributed by atoms with E-state index in [1.165, 1.54) is 0 Å². The topological polar surface area (TPSA) is 39.2 Å². The number of ether oxygens (including phenoxy) is 1. The number of aromatic nitrogens is 1. The molecule has 0 fully saturated rings. The number of hydrogen-bond donors (Lipinski definition) is 0. The number of para-hydroxylation sites is 1. The van der Waals surface area contributed by atoms with Crippen molar-refractivity contribution < 1.29 is 9.53 Å². The molecule has 2 aromatic carbocycles. The molecule has 1 aliphatic rings. The molecular formula is C19H9Cl4NO2. The molecule has 0 spiro atoms. The number of carbonyl (C=O) groups is 1. The highest BCUT2D eigenvalue weighted by Gasteiger charge is 2.35. The van der Waals surface area contributed by atoms with Gasteiger partial charge in [0.25, 0.3) is 0 Å². The lowest BCUT2D eigenvalue weighted by Gasteiger charge is -2.08. The van der Waals surface area contributed by atoms with Crippen LogP contribution < -0.4 is 0 Å². The summed E-state index contributed by atoms with van der Waals surface area (Å²) in [4.78, 5) is 16.9. The van der Waals surface area contributed by atoms with Crippen LogP contribution in [0.3, 0.4) is 0 Å². The molecule has 4 rings (SSSR count). The van der Waals surface area contributed by atoms with Crippen molar-refractivity contribution >= 4 is 75.1 Å². The summed E-state index contributed by atoms with van der Waals surface area (Å²) in [6, 6.07) is 9.76. The maximum Gasteiger partial charge on any atom is 0.345 e. The Hall–Kier alpha value is -1.78. The average Bonchev–Trinajstić information content (AvgIpc) is 2.95. The highest BCUT2D eigenvalue weighted by molar-refractivity contribution is 6.53. The van der Waals surface area contributed by atoms with Crippen LogP contribution in [0, 0.1) is 6.92 Å². The van der Waals surface area contributed by atoms with E-state index in [9.17, 15) is 4.79 Å². The number of esters is 1. The van der Waals surface area contributed by atoms with Crippen LogP contribution >= 0.6 is 46.4 Å². The molecule has 0 saturated carbocycles. The molecule has 0 amide bonds. The van der Waals surface area contributed by atoms with Crippen molar-refractivity contribution in [2.45, 2.75) is 6.92 Å². The van der Waals surface area contributed by atoms with Gasteiger partial charge in [0, 0.05) is 11.5 Å². The number of halogens is 4. The second-order valence-electron chi connectivity index (χ2n) is 5.79. The zero-order valence-electron chi connectivity index (χ0n) is 13.2. The molecule has 0 unspecified atom stereocenters. The van der Waals surface area contributed by atoms with Gasteiger partial charge in [-0.15, -0.1) is 0 Å². The Balaban J connectivity index is 1.95. The van der Waals surface area contributed by atoms with Gasteiger partial charge in [-0.1, -0.05) is 64.6 Å². The van der Waals surface area contributed by atoms with Crippen LogP contribution in [-0.4, -0.2) is 11.0 Å². The summed E-state index contributed by atoms with van der Waals surface area (Å²) in [5.74, 6) is -0.392. The summed E-state index contributed by atoms with van der Waals surface area (Å²) in [6.45, 7) is 1.92. The summed E-state index contributed by atoms with van der Waals surface area (Å²) in [5.41, 5.74) is 2.83. The molecule has 0 bridgehead atoms. The van der Waals surface area contributed by atoms with Crippen molar-refractivity contribution in [3.8, 4) is 0 Å². The second-order valence-corrected chi connectivity index (χ2v) is 7.30. The minimum Gasteiger partial charge on any atom is -0.422 e. The molecular weight excluding hydrogens is 416 g/mol. The van der Waals surface area contributed by atoms with Crippen molar-refractivity contribution in [1.29, 1.82) is 0 Å². The van der Waals surface area contributed by atoms with Gasteiger partial charge in [-0.05, 0) is 24.6 Å². The largest absolute Gasteiger partial charge is 0.422 e. The Morgan fingerprint density at radius 2 is 1.62 bits per heavy atom. The fourth-order valence-corrected chi connectivity index (χ4v) is 3.89. The summed E-state index contributed by atoms with van der Waals surface area (Å²) < 4.78 is 5.37. The Labute approximate surface area is 169 Å². The standard InChI is InChI=1S/C19H9Cl4NO2/c1-8-6-9-4-2-3-5-10(9)24-11(8)7-12-13-14(19(25)26-12)16(21)18(23)17(22)15(13)20/h2-7H,1H3/b12-7+. The predicted molar refractivity (Wildman–Crippen MR) is 106 cm³/mol. The average molecular weight is 425 g/mol. The second kappa shape index (κ2) is 6.43. The van der Waals surface area contributed by atoms with Gasteiger partial charge in [0.1, 0.15) is 5.76 Å². The van der Waals surface area contributed by atoms with E-state index in [1.807, 2.05) is 37.3 Å². The maximum atomic E-state index is 12.3. The zero-order valence-corrected chi connectivity index (χ0v) is 16.3. The minimum absolute atomic E-state index is 0.0210. The zero-order chi connectivity index (χ0) is 18.6. The number of rotatable bonds is 1. The van der Waals surface area contributed by atoms with E-state index in [4.69, 9.17) is 51.1 Å². The first-order valence-electron chi connectivity index (χ1n) is 7.55. The van der Waals surface area contributed by atoms with Gasteiger partial charge in [-0.2, -0.15) is 0 Å². The van der Waals surface area contributed by atoms with Crippen molar-refractivity contribution in [3.05, 3.63) is 72.8 Å². The van der Waals surface area contributed by atoms with Crippen LogP contribution in [0.1, 0.15) is 27.2 Å². The third-order valence-electron chi connectivity index (χ3n) is 4.14. The number of fused-ring (bicyclic) bond motifs is 2. The van der Waals surface area contributed by atoms with Gasteiger partial charge < -0.3 is 4.74 Å². The first-order valence-corrected chi connectivity index (χ1v) is 9.06. The number of nitrogens with zero attached hydrogens (tertiary/aromatic N) is 1. The third-order valence-corrected chi connectivity index (χ3v) is 5.94. The number of benzene rings is 2. The lowest BCUT2D eigenvalue weighted by atomic mass is 10.1. The first-order chi connectivity index (χ1) is 12.4. The molecule has 0 N–H and O–H groups in total. The van der Waals surface area contributed by atoms with Crippen LogP contribution in [-0.2, 0) is 4.74 Å². The SMILES string of the molecule is Cc1cc2ccccc2nc1/C=C1/OC(=O)c2c(Cl)c(Cl)c(Cl)c(Cl)c21. The van der Waals surface area contributed by atoms with E-state index >= 15 is 0 Å². The highest BCUT2D eigenvalue weighted by atomic mass is 35.5. The summed E-state index contributed by atoms with van der Waals surface area (Å²) >= 11 is 24.7. The lowest BCUT2D eigenvalue weighted by Crippen LogP contribution is -1.96. The predicted octanol–water partition coefficient (Wildman–Crippen LogP) is 6.83. The number of aryl methyl sites for hydroxylation is 1. The van der Waals surface area contributed by atoms with E-state index in [-0.39, 0.29) is 31.4 Å².